The molecule has 0 spiro atoms. The van der Waals surface area contributed by atoms with Gasteiger partial charge in [0.25, 0.3) is 5.91 Å². The molecule has 0 saturated carbocycles. The Labute approximate surface area is 233 Å². The van der Waals surface area contributed by atoms with Crippen LogP contribution in [-0.2, 0) is 14.8 Å². The van der Waals surface area contributed by atoms with Crippen molar-refractivity contribution in [2.75, 3.05) is 19.6 Å². The normalized spacial score (nSPS) is 18.0. The van der Waals surface area contributed by atoms with Crippen LogP contribution in [0, 0.1) is 0 Å². The summed E-state index contributed by atoms with van der Waals surface area (Å²) in [5.74, 6) is -0.103. The molecule has 38 heavy (non-hydrogen) atoms. The first-order valence-electron chi connectivity index (χ1n) is 12.9. The highest BCUT2D eigenvalue weighted by Crippen LogP contribution is 2.35. The van der Waals surface area contributed by atoms with Gasteiger partial charge >= 0.3 is 0 Å². The van der Waals surface area contributed by atoms with Crippen molar-refractivity contribution in [1.82, 2.24) is 19.0 Å². The molecule has 7 nitrogen and oxygen atoms in total. The molecule has 1 aromatic heterocycles. The maximum absolute atomic E-state index is 13.4. The summed E-state index contributed by atoms with van der Waals surface area (Å²) in [5.41, 5.74) is 2.85. The summed E-state index contributed by atoms with van der Waals surface area (Å²) in [4.78, 5) is 15.6. The van der Waals surface area contributed by atoms with Gasteiger partial charge < -0.3 is 0 Å². The predicted octanol–water partition coefficient (Wildman–Crippen LogP) is 5.72. The number of hydrogen-bond donors (Lipinski definition) is 0. The molecule has 0 aliphatic carbocycles. The van der Waals surface area contributed by atoms with Crippen molar-refractivity contribution in [3.63, 3.8) is 0 Å². The Morgan fingerprint density at radius 1 is 1.05 bits per heavy atom. The quantitative estimate of drug-likeness (QED) is 0.257. The van der Waals surface area contributed by atoms with E-state index in [1.807, 2.05) is 48.7 Å². The van der Waals surface area contributed by atoms with Gasteiger partial charge in [-0.2, -0.15) is 9.40 Å². The van der Waals surface area contributed by atoms with Crippen LogP contribution in [0.3, 0.4) is 0 Å². The van der Waals surface area contributed by atoms with Gasteiger partial charge in [-0.05, 0) is 49.6 Å². The van der Waals surface area contributed by atoms with Gasteiger partial charge in [0, 0.05) is 37.0 Å². The molecule has 2 saturated heterocycles. The van der Waals surface area contributed by atoms with Crippen molar-refractivity contribution in [3.8, 4) is 16.9 Å². The summed E-state index contributed by atoms with van der Waals surface area (Å²) < 4.78 is 30.6. The lowest BCUT2D eigenvalue weighted by Gasteiger charge is -2.26. The van der Waals surface area contributed by atoms with Crippen LogP contribution in [0.2, 0.25) is 0 Å². The van der Waals surface area contributed by atoms with Gasteiger partial charge in [0.05, 0.1) is 15.5 Å². The number of amides is 1. The highest BCUT2D eigenvalue weighted by Gasteiger charge is 2.32. The molecule has 3 aromatic rings. The van der Waals surface area contributed by atoms with E-state index in [9.17, 15) is 13.2 Å². The number of carbonyl (C=O) groups excluding carboxylic acids is 1. The van der Waals surface area contributed by atoms with Crippen LogP contribution in [0.4, 0.5) is 0 Å². The van der Waals surface area contributed by atoms with E-state index < -0.39 is 10.0 Å². The van der Waals surface area contributed by atoms with E-state index in [4.69, 9.17) is 17.3 Å². The lowest BCUT2D eigenvalue weighted by molar-refractivity contribution is -0.122. The molecule has 0 N–H and O–H groups in total. The minimum Gasteiger partial charge on any atom is -0.293 e. The topological polar surface area (TPSA) is 75.5 Å². The smallest absolute Gasteiger partial charge is 0.266 e. The molecule has 2 aliphatic rings. The molecule has 10 heteroatoms. The molecule has 0 radical (unpaired) electrons. The van der Waals surface area contributed by atoms with Crippen molar-refractivity contribution >= 4 is 50.3 Å². The molecule has 198 valence electrons. The SMILES string of the molecule is CCCCN1C(=O)C(=Cc2cn(-c3ccccc3)nc2-c2cccc(S(=O)(=O)N3CCCCC3)c2)SC1=S. The van der Waals surface area contributed by atoms with Gasteiger partial charge in [0.15, 0.2) is 0 Å². The minimum absolute atomic E-state index is 0.103. The fourth-order valence-corrected chi connectivity index (χ4v) is 7.50. The number of unbranched alkanes of at least 4 members (excludes halogenated alkanes) is 1. The third-order valence-electron chi connectivity index (χ3n) is 6.72. The Morgan fingerprint density at radius 3 is 2.55 bits per heavy atom. The molecule has 0 bridgehead atoms. The van der Waals surface area contributed by atoms with Gasteiger partial charge in [-0.1, -0.05) is 74.1 Å². The average molecular weight is 567 g/mol. The first kappa shape index (κ1) is 26.8. The number of sulfonamides is 1. The van der Waals surface area contributed by atoms with Gasteiger partial charge in [0.2, 0.25) is 10.0 Å². The zero-order valence-corrected chi connectivity index (χ0v) is 23.7. The van der Waals surface area contributed by atoms with Gasteiger partial charge in [-0.3, -0.25) is 9.69 Å². The number of piperidine rings is 1. The second-order valence-electron chi connectivity index (χ2n) is 9.39. The summed E-state index contributed by atoms with van der Waals surface area (Å²) in [6.07, 6.45) is 8.35. The standard InChI is InChI=1S/C28H30N4O3S3/c1-2-3-17-31-27(33)25(37-28(31)36)19-22-20-32(23-12-6-4-7-13-23)29-26(22)21-11-10-14-24(18-21)38(34,35)30-15-8-5-9-16-30/h4,6-7,10-14,18-20H,2-3,5,8-9,15-17H2,1H3. The molecular weight excluding hydrogens is 537 g/mol. The Kier molecular flexibility index (Phi) is 8.13. The summed E-state index contributed by atoms with van der Waals surface area (Å²) in [7, 11) is -3.60. The Morgan fingerprint density at radius 2 is 1.82 bits per heavy atom. The third kappa shape index (κ3) is 5.49. The number of benzene rings is 2. The number of thiocarbonyl (C=S) groups is 1. The van der Waals surface area contributed by atoms with Gasteiger partial charge in [-0.15, -0.1) is 0 Å². The first-order valence-corrected chi connectivity index (χ1v) is 15.6. The van der Waals surface area contributed by atoms with Crippen molar-refractivity contribution < 1.29 is 13.2 Å². The van der Waals surface area contributed by atoms with Crippen LogP contribution in [0.5, 0.6) is 0 Å². The van der Waals surface area contributed by atoms with Crippen molar-refractivity contribution in [2.24, 2.45) is 0 Å². The van der Waals surface area contributed by atoms with Crippen LogP contribution >= 0.6 is 24.0 Å². The number of carbonyl (C=O) groups is 1. The highest BCUT2D eigenvalue weighted by molar-refractivity contribution is 8.26. The molecule has 2 fully saturated rings. The molecule has 0 unspecified atom stereocenters. The predicted molar refractivity (Wildman–Crippen MR) is 156 cm³/mol. The minimum atomic E-state index is -3.60. The number of nitrogens with zero attached hydrogens (tertiary/aromatic N) is 4. The van der Waals surface area contributed by atoms with E-state index in [1.165, 1.54) is 11.8 Å². The molecule has 2 aliphatic heterocycles. The van der Waals surface area contributed by atoms with E-state index in [0.717, 1.165) is 43.4 Å². The maximum atomic E-state index is 13.4. The van der Waals surface area contributed by atoms with Crippen molar-refractivity contribution in [3.05, 3.63) is 71.3 Å². The fraction of sp³-hybridized carbons (Fsp3) is 0.321. The molecular formula is C28H30N4O3S3. The summed E-state index contributed by atoms with van der Waals surface area (Å²) in [6.45, 7) is 3.77. The summed E-state index contributed by atoms with van der Waals surface area (Å²) in [6, 6.07) is 16.6. The molecule has 2 aromatic carbocycles. The number of rotatable bonds is 8. The first-order chi connectivity index (χ1) is 18.4. The summed E-state index contributed by atoms with van der Waals surface area (Å²) >= 11 is 6.78. The highest BCUT2D eigenvalue weighted by atomic mass is 32.2. The zero-order valence-electron chi connectivity index (χ0n) is 21.2. The molecule has 1 amide bonds. The third-order valence-corrected chi connectivity index (χ3v) is 9.99. The van der Waals surface area contributed by atoms with E-state index in [1.54, 1.807) is 32.1 Å². The van der Waals surface area contributed by atoms with Crippen LogP contribution in [-0.4, -0.2) is 57.3 Å². The summed E-state index contributed by atoms with van der Waals surface area (Å²) in [5, 5.41) is 4.84. The van der Waals surface area contributed by atoms with E-state index in [-0.39, 0.29) is 10.8 Å². The van der Waals surface area contributed by atoms with Crippen LogP contribution in [0.25, 0.3) is 23.0 Å². The Bertz CT molecular complexity index is 1480. The average Bonchev–Trinajstić information content (AvgIpc) is 3.48. The maximum Gasteiger partial charge on any atom is 0.266 e. The van der Waals surface area contributed by atoms with Gasteiger partial charge in [0.1, 0.15) is 10.0 Å². The second kappa shape index (κ2) is 11.5. The largest absolute Gasteiger partial charge is 0.293 e. The van der Waals surface area contributed by atoms with Crippen molar-refractivity contribution in [2.45, 2.75) is 43.9 Å². The lowest BCUT2D eigenvalue weighted by atomic mass is 10.1. The van der Waals surface area contributed by atoms with E-state index in [2.05, 4.69) is 6.92 Å². The Hall–Kier alpha value is -2.79. The number of thioether (sulfide) groups is 1. The van der Waals surface area contributed by atoms with E-state index >= 15 is 0 Å². The van der Waals surface area contributed by atoms with E-state index in [0.29, 0.717) is 40.1 Å². The molecule has 5 rings (SSSR count). The van der Waals surface area contributed by atoms with Crippen LogP contribution in [0.15, 0.2) is 70.6 Å². The number of hydrogen-bond acceptors (Lipinski definition) is 6. The Balaban J connectivity index is 1.56. The molecule has 0 atom stereocenters. The van der Waals surface area contributed by atoms with Crippen molar-refractivity contribution in [1.29, 1.82) is 0 Å². The zero-order chi connectivity index (χ0) is 26.7. The second-order valence-corrected chi connectivity index (χ2v) is 13.0. The van der Waals surface area contributed by atoms with Crippen LogP contribution < -0.4 is 0 Å². The fourth-order valence-electron chi connectivity index (χ4n) is 4.64. The van der Waals surface area contributed by atoms with Crippen LogP contribution in [0.1, 0.15) is 44.6 Å². The number of para-hydroxylation sites is 1. The monoisotopic (exact) mass is 566 g/mol. The van der Waals surface area contributed by atoms with Gasteiger partial charge in [-0.25, -0.2) is 13.1 Å². The number of aromatic nitrogens is 2. The lowest BCUT2D eigenvalue weighted by Crippen LogP contribution is -2.35. The molecule has 3 heterocycles.